The molecule has 0 unspecified atom stereocenters. The number of halogens is 4. The molecule has 0 spiro atoms. The van der Waals surface area contributed by atoms with E-state index >= 15 is 0 Å². The zero-order chi connectivity index (χ0) is 77.7. The van der Waals surface area contributed by atoms with Gasteiger partial charge in [-0.25, -0.2) is 0 Å². The van der Waals surface area contributed by atoms with Crippen molar-refractivity contribution in [2.75, 3.05) is 35.5 Å². The van der Waals surface area contributed by atoms with Crippen LogP contribution >= 0.6 is 46.4 Å². The van der Waals surface area contributed by atoms with Crippen LogP contribution in [0.5, 0.6) is 0 Å². The topological polar surface area (TPSA) is 332 Å². The van der Waals surface area contributed by atoms with Crippen molar-refractivity contribution < 1.29 is 89.4 Å². The van der Waals surface area contributed by atoms with Crippen molar-refractivity contribution in [1.29, 1.82) is 0 Å². The average Bonchev–Trinajstić information content (AvgIpc) is 0.854. The molecule has 2 radical (unpaired) electrons. The monoisotopic (exact) mass is 1630 g/mol. The van der Waals surface area contributed by atoms with Crippen LogP contribution in [0.15, 0.2) is 329 Å². The van der Waals surface area contributed by atoms with Gasteiger partial charge in [0.05, 0.1) is 23.9 Å². The number of nitrogens with zero attached hydrogens (tertiary/aromatic N) is 4. The van der Waals surface area contributed by atoms with Crippen LogP contribution in [0.1, 0.15) is 63.7 Å². The predicted molar refractivity (Wildman–Crippen MR) is 424 cm³/mol. The van der Waals surface area contributed by atoms with Crippen LogP contribution in [-0.4, -0.2) is 73.7 Å². The van der Waals surface area contributed by atoms with Crippen molar-refractivity contribution in [3.05, 3.63) is 393 Å². The van der Waals surface area contributed by atoms with E-state index < -0.39 is 23.9 Å². The molecule has 9 aromatic carbocycles. The first-order chi connectivity index (χ1) is 51.4. The normalized spacial score (nSPS) is 8.99. The molecule has 0 aliphatic heterocycles. The van der Waals surface area contributed by atoms with Gasteiger partial charge in [0.15, 0.2) is 0 Å². The van der Waals surface area contributed by atoms with Crippen LogP contribution < -0.4 is 41.7 Å². The minimum Gasteiger partial charge on any atom is -0.545 e. The molecular formula is C84H80Cl4Mn2N8O11. The first-order valence-electron chi connectivity index (χ1n) is 32.0. The summed E-state index contributed by atoms with van der Waals surface area (Å²) >= 11 is 24.1. The number of anilines is 8. The van der Waals surface area contributed by atoms with Crippen molar-refractivity contribution in [1.82, 2.24) is 19.9 Å². The summed E-state index contributed by atoms with van der Waals surface area (Å²) < 4.78 is 0. The Kier molecular flexibility index (Phi) is 52.8. The van der Waals surface area contributed by atoms with E-state index in [9.17, 15) is 39.6 Å². The molecule has 0 fully saturated rings. The summed E-state index contributed by atoms with van der Waals surface area (Å²) in [6, 6.07) is 83.0. The number of carbonyl (C=O) groups is 4. The number of carbonyl (C=O) groups excluding carboxylic acids is 4. The standard InChI is InChI=1S/4C14H12ClNO2.C6H6.4C5H5N.2CH4O.2Mn.H2O/c4*1-9-11(15)6-4-8-12(9)16-13-7-3-2-5-10(13)14(17)18;5*1-2-4-6-5-3-1;2*1-2;;;/h4*2-8,16H,1H3,(H,17,18);1-6H;4*1-5H;2*2H,1H3;;;1H2/q;;;;;;;;;;;2*+2;/p-4. The van der Waals surface area contributed by atoms with Gasteiger partial charge in [0.25, 0.3) is 0 Å². The number of benzene rings is 9. The second kappa shape index (κ2) is 58.9. The second-order valence-electron chi connectivity index (χ2n) is 20.7. The summed E-state index contributed by atoms with van der Waals surface area (Å²) in [6.45, 7) is 7.47. The number of pyridine rings is 4. The summed E-state index contributed by atoms with van der Waals surface area (Å²) in [7, 11) is 2.00. The Bertz CT molecular complexity index is 3900. The van der Waals surface area contributed by atoms with Gasteiger partial charge >= 0.3 is 34.1 Å². The van der Waals surface area contributed by atoms with Crippen LogP contribution in [-0.2, 0) is 34.1 Å². The summed E-state index contributed by atoms with van der Waals surface area (Å²) in [5.74, 6) is -4.84. The van der Waals surface area contributed by atoms with Gasteiger partial charge in [-0.15, -0.1) is 0 Å². The quantitative estimate of drug-likeness (QED) is 0.0619. The first kappa shape index (κ1) is 97.7. The number of carboxylic acid groups (broad SMARTS) is 4. The van der Waals surface area contributed by atoms with E-state index in [0.29, 0.717) is 42.8 Å². The SMILES string of the molecule is CO.CO.Cc1c(Cl)cccc1Nc1ccccc1C(=O)[O-].Cc1c(Cl)cccc1Nc1ccccc1C(=O)[O-].Cc1c(Cl)cccc1Nc1ccccc1C(=O)[O-].Cc1c(Cl)cccc1Nc1ccccc1C(=O)[O-].O.[Mn+2].[Mn+2].c1ccccc1.c1ccncc1.c1ccncc1.c1ccncc1.c1ccncc1. The molecule has 109 heavy (non-hydrogen) atoms. The smallest absolute Gasteiger partial charge is 0.545 e. The van der Waals surface area contributed by atoms with Crippen molar-refractivity contribution in [2.24, 2.45) is 0 Å². The third-order valence-corrected chi connectivity index (χ3v) is 15.3. The Morgan fingerprint density at radius 2 is 0.394 bits per heavy atom. The number of aromatic carboxylic acids is 4. The molecule has 0 amide bonds. The molecule has 0 atom stereocenters. The number of carboxylic acids is 4. The maximum absolute atomic E-state index is 11.0. The zero-order valence-electron chi connectivity index (χ0n) is 59.9. The van der Waals surface area contributed by atoms with Gasteiger partial charge in [-0.3, -0.25) is 19.9 Å². The van der Waals surface area contributed by atoms with E-state index in [4.69, 9.17) is 56.6 Å². The van der Waals surface area contributed by atoms with Crippen molar-refractivity contribution >= 4 is 116 Å². The Hall–Kier alpha value is -11.3. The van der Waals surface area contributed by atoms with Gasteiger partial charge < -0.3 is 76.6 Å². The fourth-order valence-corrected chi connectivity index (χ4v) is 8.97. The Labute approximate surface area is 676 Å². The van der Waals surface area contributed by atoms with E-state index in [1.165, 1.54) is 24.3 Å². The van der Waals surface area contributed by atoms with E-state index in [-0.39, 0.29) is 61.9 Å². The molecule has 25 heteroatoms. The van der Waals surface area contributed by atoms with Crippen LogP contribution in [0, 0.1) is 27.7 Å². The number of hydrogen-bond donors (Lipinski definition) is 6. The largest absolute Gasteiger partial charge is 2.00 e. The van der Waals surface area contributed by atoms with Gasteiger partial charge in [-0.05, 0) is 171 Å². The summed E-state index contributed by atoms with van der Waals surface area (Å²) in [4.78, 5) is 59.1. The fourth-order valence-electron chi connectivity index (χ4n) is 8.27. The fraction of sp³-hybridized carbons (Fsp3) is 0.0714. The number of hydrogen-bond acceptors (Lipinski definition) is 18. The number of para-hydroxylation sites is 4. The van der Waals surface area contributed by atoms with Crippen LogP contribution in [0.3, 0.4) is 0 Å². The van der Waals surface area contributed by atoms with E-state index in [1.54, 1.807) is 171 Å². The summed E-state index contributed by atoms with van der Waals surface area (Å²) in [5, 5.41) is 72.7. The average molecular weight is 1630 g/mol. The van der Waals surface area contributed by atoms with Crippen LogP contribution in [0.4, 0.5) is 45.5 Å². The minimum absolute atomic E-state index is 0. The Balaban J connectivity index is 0.00000124. The predicted octanol–water partition coefficient (Wildman–Crippen LogP) is 15.4. The second-order valence-corrected chi connectivity index (χ2v) is 22.4. The van der Waals surface area contributed by atoms with Crippen LogP contribution in [0.2, 0.25) is 20.1 Å². The molecule has 0 bridgehead atoms. The number of aliphatic hydroxyl groups excluding tert-OH is 2. The zero-order valence-corrected chi connectivity index (χ0v) is 65.3. The van der Waals surface area contributed by atoms with Gasteiger partial charge in [0.1, 0.15) is 0 Å². The Morgan fingerprint density at radius 3 is 0.532 bits per heavy atom. The number of rotatable bonds is 12. The van der Waals surface area contributed by atoms with E-state index in [0.717, 1.165) is 59.2 Å². The van der Waals surface area contributed by atoms with Gasteiger partial charge in [-0.2, -0.15) is 0 Å². The van der Waals surface area contributed by atoms with E-state index in [2.05, 4.69) is 41.2 Å². The molecule has 8 N–H and O–H groups in total. The summed E-state index contributed by atoms with van der Waals surface area (Å²) in [6.07, 6.45) is 14.0. The molecule has 0 aliphatic carbocycles. The molecule has 564 valence electrons. The summed E-state index contributed by atoms with van der Waals surface area (Å²) in [5.41, 5.74) is 9.01. The first-order valence-corrected chi connectivity index (χ1v) is 33.5. The molecule has 13 aromatic rings. The minimum atomic E-state index is -1.21. The Morgan fingerprint density at radius 1 is 0.248 bits per heavy atom. The maximum atomic E-state index is 11.0. The van der Waals surface area contributed by atoms with Crippen LogP contribution in [0.25, 0.3) is 0 Å². The van der Waals surface area contributed by atoms with Gasteiger partial charge in [-0.1, -0.05) is 204 Å². The number of aliphatic hydroxyl groups is 2. The van der Waals surface area contributed by atoms with Gasteiger partial charge in [0.2, 0.25) is 0 Å². The number of aromatic nitrogens is 4. The molecule has 4 heterocycles. The third kappa shape index (κ3) is 38.2. The van der Waals surface area contributed by atoms with Gasteiger partial charge in [0, 0.05) is 152 Å². The molecule has 0 saturated heterocycles. The molecule has 4 aromatic heterocycles. The third-order valence-electron chi connectivity index (χ3n) is 13.7. The molecule has 0 aliphatic rings. The van der Waals surface area contributed by atoms with Crippen molar-refractivity contribution in [2.45, 2.75) is 27.7 Å². The number of nitrogens with one attached hydrogen (secondary N) is 4. The van der Waals surface area contributed by atoms with E-state index in [1.807, 2.05) is 161 Å². The molecule has 19 nitrogen and oxygen atoms in total. The van der Waals surface area contributed by atoms with Crippen molar-refractivity contribution in [3.8, 4) is 0 Å². The molecule has 0 saturated carbocycles. The van der Waals surface area contributed by atoms with Crippen molar-refractivity contribution in [3.63, 3.8) is 0 Å². The molecule has 13 rings (SSSR count). The maximum Gasteiger partial charge on any atom is 2.00 e. The molecular weight excluding hydrogens is 1550 g/mol.